The minimum atomic E-state index is -0.444. The minimum Gasteiger partial charge on any atom is -0.272 e. The van der Waals surface area contributed by atoms with Gasteiger partial charge in [-0.15, -0.1) is 0 Å². The van der Waals surface area contributed by atoms with Crippen LogP contribution >= 0.6 is 23.2 Å². The molecule has 2 aromatic rings. The third kappa shape index (κ3) is 3.84. The van der Waals surface area contributed by atoms with Gasteiger partial charge in [-0.25, -0.2) is 5.01 Å². The normalized spacial score (nSPS) is 23.4. The molecule has 2 aliphatic rings. The maximum Gasteiger partial charge on any atom is 0.273 e. The third-order valence-corrected chi connectivity index (χ3v) is 6.63. The Balaban J connectivity index is 1.72. The van der Waals surface area contributed by atoms with Crippen molar-refractivity contribution in [3.05, 3.63) is 69.7 Å². The summed E-state index contributed by atoms with van der Waals surface area (Å²) in [5.74, 6) is -1.39. The van der Waals surface area contributed by atoms with Crippen molar-refractivity contribution in [2.45, 2.75) is 32.7 Å². The zero-order valence-electron chi connectivity index (χ0n) is 16.6. The summed E-state index contributed by atoms with van der Waals surface area (Å²) in [6, 6.07) is 13.5. The number of nitrogens with zero attached hydrogens (tertiary/aromatic N) is 2. The van der Waals surface area contributed by atoms with Crippen LogP contribution < -0.4 is 0 Å². The van der Waals surface area contributed by atoms with E-state index < -0.39 is 5.91 Å². The maximum absolute atomic E-state index is 13.4. The number of amides is 3. The van der Waals surface area contributed by atoms with Crippen molar-refractivity contribution in [2.24, 2.45) is 17.8 Å². The van der Waals surface area contributed by atoms with Crippen molar-refractivity contribution in [3.8, 4) is 0 Å². The summed E-state index contributed by atoms with van der Waals surface area (Å²) in [6.07, 6.45) is 2.24. The molecular weight excluding hydrogens is 423 g/mol. The Morgan fingerprint density at radius 3 is 2.37 bits per heavy atom. The molecule has 0 unspecified atom stereocenters. The monoisotopic (exact) mass is 444 g/mol. The summed E-state index contributed by atoms with van der Waals surface area (Å²) in [4.78, 5) is 39.9. The molecule has 0 bridgehead atoms. The molecule has 2 aromatic carbocycles. The quantitative estimate of drug-likeness (QED) is 0.625. The van der Waals surface area contributed by atoms with Crippen LogP contribution in [-0.2, 0) is 16.1 Å². The van der Waals surface area contributed by atoms with E-state index in [1.165, 1.54) is 5.01 Å². The van der Waals surface area contributed by atoms with Gasteiger partial charge in [-0.3, -0.25) is 14.4 Å². The third-order valence-electron chi connectivity index (χ3n) is 6.01. The van der Waals surface area contributed by atoms with E-state index in [9.17, 15) is 14.4 Å². The number of benzene rings is 2. The molecule has 156 valence electrons. The standard InChI is InChI=1S/C23H22Cl2N2O3/c1-14-6-11-18-19(12-14)23(30)27(22(18)29)26(13-16-4-2-3-5-20(16)25)21(28)15-7-9-17(24)10-8-15/h2-5,7-10,14,18-19H,6,11-13H2,1H3/t14-,18+,19-/m1/s1. The number of hydrazine groups is 1. The molecule has 30 heavy (non-hydrogen) atoms. The number of hydrogen-bond donors (Lipinski definition) is 0. The Kier molecular flexibility index (Phi) is 5.85. The van der Waals surface area contributed by atoms with E-state index in [4.69, 9.17) is 23.2 Å². The molecule has 1 aliphatic carbocycles. The minimum absolute atomic E-state index is 0.0214. The SMILES string of the molecule is C[C@@H]1CC[C@@H]2C(=O)N(N(Cc3ccccc3Cl)C(=O)c3ccc(Cl)cc3)C(=O)[C@@H]2C1. The lowest BCUT2D eigenvalue weighted by atomic mass is 9.76. The molecule has 0 spiro atoms. The predicted molar refractivity (Wildman–Crippen MR) is 115 cm³/mol. The van der Waals surface area contributed by atoms with E-state index in [2.05, 4.69) is 6.92 Å². The highest BCUT2D eigenvalue weighted by atomic mass is 35.5. The van der Waals surface area contributed by atoms with Crippen LogP contribution in [0.4, 0.5) is 0 Å². The molecule has 3 atom stereocenters. The van der Waals surface area contributed by atoms with Crippen LogP contribution in [0, 0.1) is 17.8 Å². The van der Waals surface area contributed by atoms with Crippen LogP contribution in [0.1, 0.15) is 42.1 Å². The molecule has 3 amide bonds. The zero-order valence-corrected chi connectivity index (χ0v) is 18.1. The molecule has 5 nitrogen and oxygen atoms in total. The van der Waals surface area contributed by atoms with Crippen LogP contribution in [0.25, 0.3) is 0 Å². The van der Waals surface area contributed by atoms with Gasteiger partial charge in [0.2, 0.25) is 0 Å². The van der Waals surface area contributed by atoms with Crippen molar-refractivity contribution in [1.82, 2.24) is 10.0 Å². The van der Waals surface area contributed by atoms with Gasteiger partial charge in [-0.1, -0.05) is 48.3 Å². The molecule has 1 aliphatic heterocycles. The van der Waals surface area contributed by atoms with Crippen LogP contribution in [0.2, 0.25) is 10.0 Å². The van der Waals surface area contributed by atoms with Crippen molar-refractivity contribution in [1.29, 1.82) is 0 Å². The molecule has 1 saturated heterocycles. The lowest BCUT2D eigenvalue weighted by Crippen LogP contribution is -2.49. The van der Waals surface area contributed by atoms with E-state index in [0.717, 1.165) is 11.4 Å². The Labute approximate surface area is 185 Å². The Morgan fingerprint density at radius 2 is 1.67 bits per heavy atom. The van der Waals surface area contributed by atoms with Gasteiger partial charge < -0.3 is 0 Å². The van der Waals surface area contributed by atoms with E-state index in [1.807, 2.05) is 0 Å². The Hall–Kier alpha value is -2.37. The first kappa shape index (κ1) is 20.9. The fourth-order valence-corrected chi connectivity index (χ4v) is 4.69. The van der Waals surface area contributed by atoms with Gasteiger partial charge in [0.1, 0.15) is 0 Å². The molecule has 0 radical (unpaired) electrons. The number of carbonyl (C=O) groups is 3. The average molecular weight is 445 g/mol. The largest absolute Gasteiger partial charge is 0.273 e. The number of imide groups is 1. The van der Waals surface area contributed by atoms with Gasteiger partial charge in [-0.05, 0) is 61.1 Å². The number of rotatable bonds is 4. The van der Waals surface area contributed by atoms with E-state index >= 15 is 0 Å². The van der Waals surface area contributed by atoms with Crippen molar-refractivity contribution in [2.75, 3.05) is 0 Å². The first-order chi connectivity index (χ1) is 14.4. The van der Waals surface area contributed by atoms with Gasteiger partial charge >= 0.3 is 0 Å². The Morgan fingerprint density at radius 1 is 1.00 bits per heavy atom. The number of carbonyl (C=O) groups excluding carboxylic acids is 3. The first-order valence-electron chi connectivity index (χ1n) is 10.1. The second kappa shape index (κ2) is 8.40. The van der Waals surface area contributed by atoms with Crippen molar-refractivity contribution in [3.63, 3.8) is 0 Å². The van der Waals surface area contributed by atoms with Crippen LogP contribution in [-0.4, -0.2) is 27.7 Å². The summed E-state index contributed by atoms with van der Waals surface area (Å²) in [6.45, 7) is 2.12. The second-order valence-corrected chi connectivity index (χ2v) is 8.92. The van der Waals surface area contributed by atoms with Crippen molar-refractivity contribution >= 4 is 40.9 Å². The average Bonchev–Trinajstić information content (AvgIpc) is 2.97. The van der Waals surface area contributed by atoms with Gasteiger partial charge in [0.05, 0.1) is 18.4 Å². The van der Waals surface area contributed by atoms with Crippen LogP contribution in [0.5, 0.6) is 0 Å². The van der Waals surface area contributed by atoms with Gasteiger partial charge in [-0.2, -0.15) is 5.01 Å². The zero-order chi connectivity index (χ0) is 21.4. The summed E-state index contributed by atoms with van der Waals surface area (Å²) >= 11 is 12.3. The number of fused-ring (bicyclic) bond motifs is 1. The fraction of sp³-hybridized carbons (Fsp3) is 0.348. The van der Waals surface area contributed by atoms with Crippen LogP contribution in [0.3, 0.4) is 0 Å². The van der Waals surface area contributed by atoms with Crippen LogP contribution in [0.15, 0.2) is 48.5 Å². The smallest absolute Gasteiger partial charge is 0.272 e. The summed E-state index contributed by atoms with van der Waals surface area (Å²) < 4.78 is 0. The van der Waals surface area contributed by atoms with E-state index in [-0.39, 0.29) is 30.2 Å². The topological polar surface area (TPSA) is 57.7 Å². The predicted octanol–water partition coefficient (Wildman–Crippen LogP) is 4.97. The van der Waals surface area contributed by atoms with Gasteiger partial charge in [0.25, 0.3) is 17.7 Å². The molecule has 0 aromatic heterocycles. The molecule has 7 heteroatoms. The molecule has 4 rings (SSSR count). The highest BCUT2D eigenvalue weighted by Gasteiger charge is 2.52. The molecule has 0 N–H and O–H groups in total. The van der Waals surface area contributed by atoms with Gasteiger partial charge in [0, 0.05) is 15.6 Å². The molecule has 1 saturated carbocycles. The maximum atomic E-state index is 13.4. The van der Waals surface area contributed by atoms with E-state index in [0.29, 0.717) is 39.9 Å². The lowest BCUT2D eigenvalue weighted by Gasteiger charge is -2.31. The molecule has 1 heterocycles. The fourth-order valence-electron chi connectivity index (χ4n) is 4.37. The highest BCUT2D eigenvalue weighted by Crippen LogP contribution is 2.41. The highest BCUT2D eigenvalue weighted by molar-refractivity contribution is 6.31. The van der Waals surface area contributed by atoms with Crippen molar-refractivity contribution < 1.29 is 14.4 Å². The first-order valence-corrected chi connectivity index (χ1v) is 10.8. The summed E-state index contributed by atoms with van der Waals surface area (Å²) in [5.41, 5.74) is 1.00. The number of halogens is 2. The summed E-state index contributed by atoms with van der Waals surface area (Å²) in [7, 11) is 0. The second-order valence-electron chi connectivity index (χ2n) is 8.08. The summed E-state index contributed by atoms with van der Waals surface area (Å²) in [5, 5.41) is 3.26. The molecular formula is C23H22Cl2N2O3. The molecule has 2 fully saturated rings. The number of hydrogen-bond acceptors (Lipinski definition) is 3. The van der Waals surface area contributed by atoms with Gasteiger partial charge in [0.15, 0.2) is 0 Å². The Bertz CT molecular complexity index is 992. The van der Waals surface area contributed by atoms with E-state index in [1.54, 1.807) is 48.5 Å². The lowest BCUT2D eigenvalue weighted by molar-refractivity contribution is -0.155.